The molecule has 1 aliphatic carbocycles. The van der Waals surface area contributed by atoms with E-state index in [0.717, 1.165) is 22.0 Å². The summed E-state index contributed by atoms with van der Waals surface area (Å²) < 4.78 is 0.869. The molecule has 19 heavy (non-hydrogen) atoms. The molecule has 1 atom stereocenters. The Morgan fingerprint density at radius 1 is 1.47 bits per heavy atom. The number of benzene rings is 1. The molecular formula is C14H16INO3. The number of amides is 1. The highest BCUT2D eigenvalue weighted by Crippen LogP contribution is 2.33. The number of carbonyl (C=O) groups excluding carboxylic acids is 1. The highest BCUT2D eigenvalue weighted by Gasteiger charge is 2.30. The average molecular weight is 373 g/mol. The van der Waals surface area contributed by atoms with Crippen molar-refractivity contribution in [3.8, 4) is 0 Å². The molecule has 1 aliphatic rings. The number of halogens is 1. The molecule has 0 spiro atoms. The zero-order chi connectivity index (χ0) is 14.0. The smallest absolute Gasteiger partial charge is 0.326 e. The van der Waals surface area contributed by atoms with Gasteiger partial charge in [-0.05, 0) is 53.5 Å². The predicted octanol–water partition coefficient (Wildman–Crippen LogP) is 2.58. The van der Waals surface area contributed by atoms with E-state index in [1.165, 1.54) is 0 Å². The van der Waals surface area contributed by atoms with E-state index in [1.54, 1.807) is 6.07 Å². The van der Waals surface area contributed by atoms with Crippen molar-refractivity contribution >= 4 is 34.5 Å². The van der Waals surface area contributed by atoms with E-state index in [9.17, 15) is 9.59 Å². The second-order valence-corrected chi connectivity index (χ2v) is 6.06. The number of hydrogen-bond acceptors (Lipinski definition) is 2. The summed E-state index contributed by atoms with van der Waals surface area (Å²) in [5.74, 6) is -0.804. The third kappa shape index (κ3) is 3.68. The van der Waals surface area contributed by atoms with Crippen molar-refractivity contribution in [1.29, 1.82) is 0 Å². The van der Waals surface area contributed by atoms with E-state index in [2.05, 4.69) is 27.9 Å². The molecule has 4 nitrogen and oxygen atoms in total. The fraction of sp³-hybridized carbons (Fsp3) is 0.429. The maximum absolute atomic E-state index is 12.2. The average Bonchev–Trinajstić information content (AvgIpc) is 3.15. The molecule has 1 aromatic rings. The van der Waals surface area contributed by atoms with Crippen LogP contribution in [0.4, 0.5) is 0 Å². The van der Waals surface area contributed by atoms with Gasteiger partial charge in [0.05, 0.1) is 5.56 Å². The Morgan fingerprint density at radius 2 is 2.16 bits per heavy atom. The van der Waals surface area contributed by atoms with E-state index in [-0.39, 0.29) is 5.91 Å². The van der Waals surface area contributed by atoms with Crippen LogP contribution in [0.15, 0.2) is 18.2 Å². The molecule has 1 amide bonds. The van der Waals surface area contributed by atoms with Gasteiger partial charge in [0, 0.05) is 3.57 Å². The SMILES string of the molecule is Cc1cccc(C(=O)NC(CC2CC2)C(=O)O)c1I. The summed E-state index contributed by atoms with van der Waals surface area (Å²) in [4.78, 5) is 23.3. The van der Waals surface area contributed by atoms with Crippen molar-refractivity contribution in [1.82, 2.24) is 5.32 Å². The van der Waals surface area contributed by atoms with Gasteiger partial charge in [-0.2, -0.15) is 0 Å². The van der Waals surface area contributed by atoms with Crippen LogP contribution >= 0.6 is 22.6 Å². The molecule has 0 heterocycles. The van der Waals surface area contributed by atoms with E-state index in [0.29, 0.717) is 17.9 Å². The molecule has 0 saturated heterocycles. The van der Waals surface area contributed by atoms with Crippen LogP contribution in [0.25, 0.3) is 0 Å². The fourth-order valence-corrected chi connectivity index (χ4v) is 2.57. The van der Waals surface area contributed by atoms with Gasteiger partial charge in [-0.1, -0.05) is 25.0 Å². The summed E-state index contributed by atoms with van der Waals surface area (Å²) in [5.41, 5.74) is 1.56. The third-order valence-electron chi connectivity index (χ3n) is 3.31. The normalized spacial score (nSPS) is 15.9. The van der Waals surface area contributed by atoms with Crippen molar-refractivity contribution < 1.29 is 14.7 Å². The van der Waals surface area contributed by atoms with E-state index in [1.807, 2.05) is 19.1 Å². The molecule has 0 radical (unpaired) electrons. The first-order chi connectivity index (χ1) is 8.99. The summed E-state index contributed by atoms with van der Waals surface area (Å²) in [7, 11) is 0. The van der Waals surface area contributed by atoms with Crippen molar-refractivity contribution in [2.75, 3.05) is 0 Å². The molecule has 1 saturated carbocycles. The number of nitrogens with one attached hydrogen (secondary N) is 1. The Morgan fingerprint density at radius 3 is 2.74 bits per heavy atom. The van der Waals surface area contributed by atoms with Gasteiger partial charge in [-0.15, -0.1) is 0 Å². The molecule has 102 valence electrons. The van der Waals surface area contributed by atoms with Gasteiger partial charge in [0.2, 0.25) is 0 Å². The number of carboxylic acids is 1. The fourth-order valence-electron chi connectivity index (χ4n) is 1.97. The van der Waals surface area contributed by atoms with E-state index in [4.69, 9.17) is 5.11 Å². The lowest BCUT2D eigenvalue weighted by Crippen LogP contribution is -2.41. The van der Waals surface area contributed by atoms with Crippen LogP contribution in [0, 0.1) is 16.4 Å². The standard InChI is InChI=1S/C14H16INO3/c1-8-3-2-4-10(12(8)15)13(17)16-11(14(18)19)7-9-5-6-9/h2-4,9,11H,5-7H2,1H3,(H,16,17)(H,18,19). The number of rotatable bonds is 5. The number of hydrogen-bond donors (Lipinski definition) is 2. The minimum absolute atomic E-state index is 0.304. The Balaban J connectivity index is 2.09. The Bertz CT molecular complexity index is 511. The Labute approximate surface area is 125 Å². The van der Waals surface area contributed by atoms with Crippen molar-refractivity contribution in [3.05, 3.63) is 32.9 Å². The quantitative estimate of drug-likeness (QED) is 0.780. The maximum atomic E-state index is 12.2. The van der Waals surface area contributed by atoms with Gasteiger partial charge in [0.15, 0.2) is 0 Å². The summed E-state index contributed by atoms with van der Waals surface area (Å²) in [6, 6.07) is 4.68. The van der Waals surface area contributed by atoms with Crippen LogP contribution in [-0.4, -0.2) is 23.0 Å². The predicted molar refractivity (Wildman–Crippen MR) is 80.1 cm³/mol. The topological polar surface area (TPSA) is 66.4 Å². The molecule has 0 bridgehead atoms. The largest absolute Gasteiger partial charge is 0.480 e. The van der Waals surface area contributed by atoms with Crippen LogP contribution < -0.4 is 5.32 Å². The summed E-state index contributed by atoms with van der Waals surface area (Å²) in [6.45, 7) is 1.93. The summed E-state index contributed by atoms with van der Waals surface area (Å²) in [6.07, 6.45) is 2.67. The Kier molecular flexibility index (Phi) is 4.44. The van der Waals surface area contributed by atoms with Crippen LogP contribution in [0.1, 0.15) is 35.2 Å². The third-order valence-corrected chi connectivity index (χ3v) is 4.74. The molecule has 1 fully saturated rings. The molecule has 5 heteroatoms. The first-order valence-electron chi connectivity index (χ1n) is 6.28. The minimum atomic E-state index is -0.956. The van der Waals surface area contributed by atoms with Gasteiger partial charge in [-0.25, -0.2) is 4.79 Å². The van der Waals surface area contributed by atoms with Crippen LogP contribution in [0.3, 0.4) is 0 Å². The van der Waals surface area contributed by atoms with Crippen LogP contribution in [-0.2, 0) is 4.79 Å². The van der Waals surface area contributed by atoms with Gasteiger partial charge >= 0.3 is 5.97 Å². The molecule has 0 aromatic heterocycles. The first-order valence-corrected chi connectivity index (χ1v) is 7.35. The molecular weight excluding hydrogens is 357 g/mol. The molecule has 0 aliphatic heterocycles. The molecule has 2 N–H and O–H groups in total. The lowest BCUT2D eigenvalue weighted by atomic mass is 10.1. The van der Waals surface area contributed by atoms with Gasteiger partial charge in [-0.3, -0.25) is 4.79 Å². The number of carbonyl (C=O) groups is 2. The first kappa shape index (κ1) is 14.3. The van der Waals surface area contributed by atoms with Crippen LogP contribution in [0.2, 0.25) is 0 Å². The zero-order valence-corrected chi connectivity index (χ0v) is 12.8. The monoisotopic (exact) mass is 373 g/mol. The van der Waals surface area contributed by atoms with E-state index < -0.39 is 12.0 Å². The summed E-state index contributed by atoms with van der Waals surface area (Å²) in [5, 5.41) is 11.8. The summed E-state index contributed by atoms with van der Waals surface area (Å²) >= 11 is 2.11. The van der Waals surface area contributed by atoms with Crippen molar-refractivity contribution in [3.63, 3.8) is 0 Å². The van der Waals surface area contributed by atoms with Crippen molar-refractivity contribution in [2.45, 2.75) is 32.2 Å². The minimum Gasteiger partial charge on any atom is -0.480 e. The van der Waals surface area contributed by atoms with Gasteiger partial charge < -0.3 is 10.4 Å². The molecule has 2 rings (SSSR count). The van der Waals surface area contributed by atoms with Gasteiger partial charge in [0.25, 0.3) is 5.91 Å². The zero-order valence-electron chi connectivity index (χ0n) is 10.6. The molecule has 1 aromatic carbocycles. The highest BCUT2D eigenvalue weighted by atomic mass is 127. The lowest BCUT2D eigenvalue weighted by Gasteiger charge is -2.15. The second kappa shape index (κ2) is 5.90. The Hall–Kier alpha value is -1.11. The lowest BCUT2D eigenvalue weighted by molar-refractivity contribution is -0.139. The van der Waals surface area contributed by atoms with Crippen molar-refractivity contribution in [2.24, 2.45) is 5.92 Å². The number of carboxylic acid groups (broad SMARTS) is 1. The second-order valence-electron chi connectivity index (χ2n) is 4.98. The number of aliphatic carboxylic acids is 1. The van der Waals surface area contributed by atoms with Gasteiger partial charge in [0.1, 0.15) is 6.04 Å². The maximum Gasteiger partial charge on any atom is 0.326 e. The van der Waals surface area contributed by atoms with E-state index >= 15 is 0 Å². The molecule has 1 unspecified atom stereocenters. The van der Waals surface area contributed by atoms with Crippen LogP contribution in [0.5, 0.6) is 0 Å². The number of aryl methyl sites for hydroxylation is 1. The highest BCUT2D eigenvalue weighted by molar-refractivity contribution is 14.1.